The normalized spacial score (nSPS) is 12.2. The quantitative estimate of drug-likeness (QED) is 0.648. The average molecular weight is 435 g/mol. The van der Waals surface area contributed by atoms with Gasteiger partial charge in [-0.25, -0.2) is 0 Å². The van der Waals surface area contributed by atoms with E-state index in [-0.39, 0.29) is 29.9 Å². The first-order chi connectivity index (χ1) is 9.54. The Bertz CT molecular complexity index is 546. The monoisotopic (exact) mass is 436 g/mol. The Hall–Kier alpha value is -0.201. The van der Waals surface area contributed by atoms with Gasteiger partial charge in [0.15, 0.2) is 0 Å². The van der Waals surface area contributed by atoms with Crippen LogP contribution < -0.4 is 8.92 Å². The topological polar surface area (TPSA) is 0 Å². The van der Waals surface area contributed by atoms with Gasteiger partial charge in [0.2, 0.25) is 0 Å². The fourth-order valence-electron chi connectivity index (χ4n) is 1.50. The second-order valence-corrected chi connectivity index (χ2v) is 10.7. The van der Waals surface area contributed by atoms with E-state index in [4.69, 9.17) is 23.2 Å². The summed E-state index contributed by atoms with van der Waals surface area (Å²) in [6.07, 6.45) is 0. The molecule has 0 saturated heterocycles. The number of rotatable bonds is 4. The van der Waals surface area contributed by atoms with Crippen LogP contribution in [0, 0.1) is 13.8 Å². The molecule has 0 aliphatic heterocycles. The summed E-state index contributed by atoms with van der Waals surface area (Å²) >= 11 is 12.9. The van der Waals surface area contributed by atoms with Gasteiger partial charge < -0.3 is 0 Å². The van der Waals surface area contributed by atoms with Crippen molar-refractivity contribution in [3.8, 4) is 0 Å². The number of benzene rings is 2. The summed E-state index contributed by atoms with van der Waals surface area (Å²) in [6, 6.07) is 16.9. The Morgan fingerprint density at radius 2 is 0.950 bits per heavy atom. The third kappa shape index (κ3) is 4.97. The molecule has 0 aromatic heterocycles. The molecule has 2 aromatic carbocycles. The van der Waals surface area contributed by atoms with Gasteiger partial charge in [-0.05, 0) is 0 Å². The molecule has 0 atom stereocenters. The summed E-state index contributed by atoms with van der Waals surface area (Å²) in [4.78, 5) is 0. The van der Waals surface area contributed by atoms with Gasteiger partial charge >= 0.3 is 143 Å². The maximum absolute atomic E-state index is 6.38. The number of aryl methyl sites for hydroxylation is 2. The number of halogens is 2. The maximum atomic E-state index is 6.38. The zero-order valence-corrected chi connectivity index (χ0v) is 16.1. The van der Waals surface area contributed by atoms with E-state index in [0.29, 0.717) is 0 Å². The summed E-state index contributed by atoms with van der Waals surface area (Å²) in [5, 5.41) is 0. The van der Waals surface area contributed by atoms with E-state index in [2.05, 4.69) is 62.4 Å². The van der Waals surface area contributed by atoms with Crippen LogP contribution in [0.15, 0.2) is 56.4 Å². The van der Waals surface area contributed by atoms with Crippen molar-refractivity contribution in [2.24, 2.45) is 0 Å². The first kappa shape index (κ1) is 16.2. The molecule has 0 nitrogen and oxygen atoms in total. The van der Waals surface area contributed by atoms with E-state index in [1.54, 1.807) is 0 Å². The van der Waals surface area contributed by atoms with E-state index < -0.39 is 0 Å². The molecule has 20 heavy (non-hydrogen) atoms. The molecule has 0 saturated carbocycles. The van der Waals surface area contributed by atoms with Gasteiger partial charge in [0, 0.05) is 0 Å². The van der Waals surface area contributed by atoms with Crippen LogP contribution in [0.3, 0.4) is 0 Å². The van der Waals surface area contributed by atoms with Crippen molar-refractivity contribution >= 4 is 62.0 Å². The van der Waals surface area contributed by atoms with Gasteiger partial charge in [0.05, 0.1) is 0 Å². The van der Waals surface area contributed by atoms with Crippen LogP contribution in [-0.2, 0) is 0 Å². The van der Waals surface area contributed by atoms with E-state index in [1.165, 1.54) is 20.1 Å². The van der Waals surface area contributed by atoms with Crippen molar-refractivity contribution in [2.75, 3.05) is 0 Å². The minimum absolute atomic E-state index is 0.0960. The number of hydrogen-bond acceptors (Lipinski definition) is 0. The summed E-state index contributed by atoms with van der Waals surface area (Å²) in [5.41, 5.74) is 2.53. The predicted molar refractivity (Wildman–Crippen MR) is 91.9 cm³/mol. The zero-order valence-electron chi connectivity index (χ0n) is 11.2. The molecular weight excluding hydrogens is 421 g/mol. The van der Waals surface area contributed by atoms with Gasteiger partial charge in [0.1, 0.15) is 0 Å². The fraction of sp³-hybridized carbons (Fsp3) is 0.125. The second-order valence-electron chi connectivity index (χ2n) is 4.38. The molecule has 0 spiro atoms. The van der Waals surface area contributed by atoms with Gasteiger partial charge in [0.25, 0.3) is 0 Å². The molecule has 0 bridgehead atoms. The van der Waals surface area contributed by atoms with Crippen molar-refractivity contribution in [1.29, 1.82) is 0 Å². The van der Waals surface area contributed by atoms with E-state index >= 15 is 0 Å². The Morgan fingerprint density at radius 3 is 1.25 bits per heavy atom. The molecule has 0 aliphatic carbocycles. The van der Waals surface area contributed by atoms with Crippen molar-refractivity contribution in [2.45, 2.75) is 13.8 Å². The summed E-state index contributed by atoms with van der Waals surface area (Å²) < 4.78 is 4.13. The van der Waals surface area contributed by atoms with Crippen LogP contribution in [0.5, 0.6) is 0 Å². The molecule has 0 N–H and O–H groups in total. The fourth-order valence-corrected chi connectivity index (χ4v) is 6.08. The standard InChI is InChI=1S/C16H14Cl2Se2/c1-11-3-7-13(8-4-11)19-15(17)16(18)20-14-9-5-12(2)6-10-14/h3-10H,1-2H3/b16-15+. The molecular formula is C16H14Cl2Se2. The van der Waals surface area contributed by atoms with Crippen LogP contribution in [0.4, 0.5) is 0 Å². The third-order valence-corrected chi connectivity index (χ3v) is 8.79. The van der Waals surface area contributed by atoms with Crippen molar-refractivity contribution < 1.29 is 0 Å². The average Bonchev–Trinajstić information content (AvgIpc) is 2.44. The molecule has 0 unspecified atom stereocenters. The van der Waals surface area contributed by atoms with Crippen molar-refractivity contribution in [3.63, 3.8) is 0 Å². The summed E-state index contributed by atoms with van der Waals surface area (Å²) in [7, 11) is 0. The molecule has 2 aromatic rings. The van der Waals surface area contributed by atoms with Gasteiger partial charge in [-0.15, -0.1) is 0 Å². The first-order valence-corrected chi connectivity index (χ1v) is 10.3. The van der Waals surface area contributed by atoms with Crippen LogP contribution in [-0.4, -0.2) is 29.9 Å². The van der Waals surface area contributed by atoms with E-state index in [1.807, 2.05) is 0 Å². The molecule has 4 heteroatoms. The van der Waals surface area contributed by atoms with Crippen LogP contribution in [0.2, 0.25) is 0 Å². The first-order valence-electron chi connectivity index (χ1n) is 6.09. The minimum atomic E-state index is 0.0960. The Kier molecular flexibility index (Phi) is 6.23. The second kappa shape index (κ2) is 7.71. The molecule has 0 aliphatic rings. The molecule has 2 rings (SSSR count). The molecule has 0 amide bonds. The Balaban J connectivity index is 2.06. The summed E-state index contributed by atoms with van der Waals surface area (Å²) in [6.45, 7) is 4.17. The van der Waals surface area contributed by atoms with Gasteiger partial charge in [-0.2, -0.15) is 0 Å². The molecule has 0 heterocycles. The van der Waals surface area contributed by atoms with Gasteiger partial charge in [-0.3, -0.25) is 0 Å². The molecule has 104 valence electrons. The van der Waals surface area contributed by atoms with Crippen molar-refractivity contribution in [3.05, 3.63) is 67.5 Å². The summed E-state index contributed by atoms with van der Waals surface area (Å²) in [5.74, 6) is 0. The van der Waals surface area contributed by atoms with E-state index in [9.17, 15) is 0 Å². The van der Waals surface area contributed by atoms with Crippen LogP contribution in [0.25, 0.3) is 0 Å². The Labute approximate surface area is 142 Å². The Morgan fingerprint density at radius 1 is 0.650 bits per heavy atom. The molecule has 0 radical (unpaired) electrons. The van der Waals surface area contributed by atoms with E-state index in [0.717, 1.165) is 7.86 Å². The molecule has 0 fully saturated rings. The zero-order chi connectivity index (χ0) is 14.5. The third-order valence-electron chi connectivity index (χ3n) is 2.61. The predicted octanol–water partition coefficient (Wildman–Crippen LogP) is 3.27. The van der Waals surface area contributed by atoms with Crippen LogP contribution >= 0.6 is 23.2 Å². The van der Waals surface area contributed by atoms with Crippen molar-refractivity contribution in [1.82, 2.24) is 0 Å². The SMILES string of the molecule is Cc1ccc([Se]/C(Cl)=C(\Cl)[Se]c2ccc(C)cc2)cc1. The van der Waals surface area contributed by atoms with Crippen LogP contribution in [0.1, 0.15) is 11.1 Å². The van der Waals surface area contributed by atoms with Gasteiger partial charge in [-0.1, -0.05) is 0 Å². The number of hydrogen-bond donors (Lipinski definition) is 0.